The molecule has 0 bridgehead atoms. The molecule has 0 atom stereocenters. The lowest BCUT2D eigenvalue weighted by Gasteiger charge is -2.16. The molecular formula is C29H41FN2O. The number of nitrogens with one attached hydrogen (secondary N) is 2. The van der Waals surface area contributed by atoms with Gasteiger partial charge in [0.25, 0.3) is 5.91 Å². The summed E-state index contributed by atoms with van der Waals surface area (Å²) in [6.07, 6.45) is 6.78. The third-order valence-corrected chi connectivity index (χ3v) is 5.46. The van der Waals surface area contributed by atoms with Crippen molar-refractivity contribution in [3.05, 3.63) is 76.6 Å². The highest BCUT2D eigenvalue weighted by molar-refractivity contribution is 6.04. The van der Waals surface area contributed by atoms with Gasteiger partial charge >= 0.3 is 0 Å². The van der Waals surface area contributed by atoms with E-state index >= 15 is 0 Å². The molecule has 0 spiro atoms. The Kier molecular flexibility index (Phi) is 13.0. The molecule has 1 amide bonds. The van der Waals surface area contributed by atoms with Crippen LogP contribution in [-0.4, -0.2) is 19.0 Å². The van der Waals surface area contributed by atoms with Crippen molar-refractivity contribution in [1.82, 2.24) is 5.32 Å². The van der Waals surface area contributed by atoms with E-state index < -0.39 is 0 Å². The molecule has 0 unspecified atom stereocenters. The molecule has 0 radical (unpaired) electrons. The number of carbonyl (C=O) groups excluding carboxylic acids is 1. The van der Waals surface area contributed by atoms with E-state index in [1.165, 1.54) is 22.8 Å². The van der Waals surface area contributed by atoms with E-state index in [2.05, 4.69) is 36.6 Å². The summed E-state index contributed by atoms with van der Waals surface area (Å²) < 4.78 is 14.6. The van der Waals surface area contributed by atoms with Crippen LogP contribution < -0.4 is 10.6 Å². The molecule has 2 aromatic carbocycles. The van der Waals surface area contributed by atoms with E-state index in [0.717, 1.165) is 43.6 Å². The van der Waals surface area contributed by atoms with Crippen LogP contribution in [0.25, 0.3) is 11.1 Å². The number of allylic oxidation sites excluding steroid dienone is 2. The van der Waals surface area contributed by atoms with Crippen molar-refractivity contribution >= 4 is 22.7 Å². The quantitative estimate of drug-likeness (QED) is 0.468. The standard InChI is InChI=1S/C25H29FN2O.2C2H6/c1-4-17(5-2)22-10-8-21(15-18(22)6-3)28-25(29)20-7-9-23(24(26)16-20)19-11-13-27-14-12-19;2*1-2/h4,7-11,15-16,27H,5-6,12-14H2,1-3H3,(H,28,29);2*1-2H3/b17-4+;;. The minimum atomic E-state index is -0.351. The number of carbonyl (C=O) groups is 1. The minimum Gasteiger partial charge on any atom is -0.322 e. The van der Waals surface area contributed by atoms with Gasteiger partial charge in [-0.3, -0.25) is 4.79 Å². The number of rotatable bonds is 6. The molecule has 0 saturated heterocycles. The van der Waals surface area contributed by atoms with E-state index in [1.54, 1.807) is 12.1 Å². The van der Waals surface area contributed by atoms with Crippen LogP contribution in [0, 0.1) is 5.82 Å². The predicted octanol–water partition coefficient (Wildman–Crippen LogP) is 7.88. The van der Waals surface area contributed by atoms with Crippen molar-refractivity contribution < 1.29 is 9.18 Å². The summed E-state index contributed by atoms with van der Waals surface area (Å²) >= 11 is 0. The number of halogens is 1. The van der Waals surface area contributed by atoms with Crippen LogP contribution in [0.1, 0.15) is 88.4 Å². The molecule has 1 aliphatic heterocycles. The van der Waals surface area contributed by atoms with Gasteiger partial charge in [-0.15, -0.1) is 0 Å². The van der Waals surface area contributed by atoms with Crippen LogP contribution in [0.4, 0.5) is 10.1 Å². The van der Waals surface area contributed by atoms with E-state index in [0.29, 0.717) is 11.1 Å². The second kappa shape index (κ2) is 15.2. The monoisotopic (exact) mass is 452 g/mol. The van der Waals surface area contributed by atoms with Crippen molar-refractivity contribution in [2.75, 3.05) is 18.4 Å². The van der Waals surface area contributed by atoms with Crippen LogP contribution in [0.5, 0.6) is 0 Å². The molecule has 4 heteroatoms. The summed E-state index contributed by atoms with van der Waals surface area (Å²) in [5.74, 6) is -0.651. The van der Waals surface area contributed by atoms with Gasteiger partial charge in [0.15, 0.2) is 0 Å². The van der Waals surface area contributed by atoms with E-state index in [9.17, 15) is 9.18 Å². The first-order chi connectivity index (χ1) is 16.1. The summed E-state index contributed by atoms with van der Waals surface area (Å²) in [7, 11) is 0. The fourth-order valence-electron chi connectivity index (χ4n) is 3.81. The first-order valence-electron chi connectivity index (χ1n) is 12.4. The zero-order valence-electron chi connectivity index (χ0n) is 21.4. The van der Waals surface area contributed by atoms with Crippen LogP contribution >= 0.6 is 0 Å². The van der Waals surface area contributed by atoms with Gasteiger partial charge in [0.05, 0.1) is 0 Å². The number of hydrogen-bond acceptors (Lipinski definition) is 2. The van der Waals surface area contributed by atoms with E-state index in [-0.39, 0.29) is 11.7 Å². The average Bonchev–Trinajstić information content (AvgIpc) is 2.88. The number of benzene rings is 2. The molecule has 180 valence electrons. The van der Waals surface area contributed by atoms with Gasteiger partial charge < -0.3 is 10.6 Å². The third-order valence-electron chi connectivity index (χ3n) is 5.46. The predicted molar refractivity (Wildman–Crippen MR) is 142 cm³/mol. The van der Waals surface area contributed by atoms with Gasteiger partial charge in [-0.2, -0.15) is 0 Å². The van der Waals surface area contributed by atoms with Crippen molar-refractivity contribution in [1.29, 1.82) is 0 Å². The van der Waals surface area contributed by atoms with Gasteiger partial charge in [-0.05, 0) is 79.3 Å². The van der Waals surface area contributed by atoms with Gasteiger partial charge in [-0.25, -0.2) is 4.39 Å². The maximum absolute atomic E-state index is 14.6. The summed E-state index contributed by atoms with van der Waals surface area (Å²) in [4.78, 5) is 12.7. The Morgan fingerprint density at radius 1 is 1.09 bits per heavy atom. The zero-order valence-corrected chi connectivity index (χ0v) is 21.4. The molecule has 0 fully saturated rings. The Morgan fingerprint density at radius 2 is 1.82 bits per heavy atom. The highest BCUT2D eigenvalue weighted by atomic mass is 19.1. The Balaban J connectivity index is 0.00000129. The second-order valence-corrected chi connectivity index (χ2v) is 7.23. The van der Waals surface area contributed by atoms with Crippen molar-refractivity contribution in [2.24, 2.45) is 0 Å². The molecule has 33 heavy (non-hydrogen) atoms. The number of anilines is 1. The highest BCUT2D eigenvalue weighted by Crippen LogP contribution is 2.27. The maximum atomic E-state index is 14.6. The van der Waals surface area contributed by atoms with Crippen molar-refractivity contribution in [2.45, 2.75) is 67.7 Å². The first-order valence-corrected chi connectivity index (χ1v) is 12.4. The first kappa shape index (κ1) is 28.3. The molecule has 0 aromatic heterocycles. The zero-order chi connectivity index (χ0) is 24.8. The summed E-state index contributed by atoms with van der Waals surface area (Å²) in [6, 6.07) is 10.7. The Labute approximate surface area is 200 Å². The lowest BCUT2D eigenvalue weighted by atomic mass is 9.95. The molecule has 3 rings (SSSR count). The summed E-state index contributed by atoms with van der Waals surface area (Å²) in [6.45, 7) is 15.9. The lowest BCUT2D eigenvalue weighted by Crippen LogP contribution is -2.20. The maximum Gasteiger partial charge on any atom is 0.255 e. The minimum absolute atomic E-state index is 0.300. The average molecular weight is 453 g/mol. The SMILES string of the molecule is C/C=C(\CC)c1ccc(NC(=O)c2ccc(C3=CCNCC3)c(F)c2)cc1CC.CC.CC. The topological polar surface area (TPSA) is 41.1 Å². The van der Waals surface area contributed by atoms with Gasteiger partial charge in [-0.1, -0.05) is 65.8 Å². The second-order valence-electron chi connectivity index (χ2n) is 7.23. The molecule has 1 aliphatic rings. The number of aryl methyl sites for hydroxylation is 1. The Hall–Kier alpha value is -2.72. The molecule has 3 nitrogen and oxygen atoms in total. The van der Waals surface area contributed by atoms with Crippen LogP contribution in [-0.2, 0) is 6.42 Å². The van der Waals surface area contributed by atoms with E-state index in [4.69, 9.17) is 0 Å². The number of hydrogen-bond donors (Lipinski definition) is 2. The molecule has 1 heterocycles. The van der Waals surface area contributed by atoms with Gasteiger partial charge in [0.1, 0.15) is 5.82 Å². The fourth-order valence-corrected chi connectivity index (χ4v) is 3.81. The van der Waals surface area contributed by atoms with Crippen LogP contribution in [0.15, 0.2) is 48.6 Å². The van der Waals surface area contributed by atoms with Gasteiger partial charge in [0, 0.05) is 23.4 Å². The molecule has 0 aliphatic carbocycles. The van der Waals surface area contributed by atoms with Crippen molar-refractivity contribution in [3.8, 4) is 0 Å². The third kappa shape index (κ3) is 7.68. The fraction of sp³-hybridized carbons (Fsp3) is 0.414. The molecule has 2 aromatic rings. The smallest absolute Gasteiger partial charge is 0.255 e. The molecule has 0 saturated carbocycles. The number of amides is 1. The van der Waals surface area contributed by atoms with Gasteiger partial charge in [0.2, 0.25) is 0 Å². The summed E-state index contributed by atoms with van der Waals surface area (Å²) in [5, 5.41) is 6.13. The van der Waals surface area contributed by atoms with Crippen LogP contribution in [0.2, 0.25) is 0 Å². The van der Waals surface area contributed by atoms with Crippen molar-refractivity contribution in [3.63, 3.8) is 0 Å². The van der Waals surface area contributed by atoms with Crippen LogP contribution in [0.3, 0.4) is 0 Å². The summed E-state index contributed by atoms with van der Waals surface area (Å²) in [5.41, 5.74) is 6.34. The van der Waals surface area contributed by atoms with E-state index in [1.807, 2.05) is 52.8 Å². The Morgan fingerprint density at radius 3 is 2.36 bits per heavy atom. The highest BCUT2D eigenvalue weighted by Gasteiger charge is 2.15. The normalized spacial score (nSPS) is 13.1. The Bertz CT molecular complexity index is 960. The molecular weight excluding hydrogens is 411 g/mol. The lowest BCUT2D eigenvalue weighted by molar-refractivity contribution is 0.102. The largest absolute Gasteiger partial charge is 0.322 e. The molecule has 2 N–H and O–H groups in total.